The van der Waals surface area contributed by atoms with E-state index >= 15 is 0 Å². The summed E-state index contributed by atoms with van der Waals surface area (Å²) >= 11 is 6.11. The van der Waals surface area contributed by atoms with Gasteiger partial charge in [0.2, 0.25) is 5.91 Å². The topological polar surface area (TPSA) is 96.4 Å². The molecule has 0 aliphatic carbocycles. The Balaban J connectivity index is 1.89. The molecule has 0 aromatic heterocycles. The average Bonchev–Trinajstić information content (AvgIpc) is 3.40. The van der Waals surface area contributed by atoms with Gasteiger partial charge in [0, 0.05) is 17.3 Å². The largest absolute Gasteiger partial charge is 0.466 e. The number of carbonyl (C=O) groups is 3. The Morgan fingerprint density at radius 1 is 1.34 bits per heavy atom. The number of carbonyl (C=O) groups excluding carboxylic acids is 3. The van der Waals surface area contributed by atoms with Crippen molar-refractivity contribution in [3.8, 4) is 0 Å². The number of anilines is 1. The number of likely N-dealkylation sites (tertiary alicyclic amines) is 1. The number of nitrogens with zero attached hydrogens (tertiary/aromatic N) is 2. The van der Waals surface area contributed by atoms with Crippen LogP contribution in [0.25, 0.3) is 0 Å². The van der Waals surface area contributed by atoms with Crippen molar-refractivity contribution in [2.24, 2.45) is 23.7 Å². The summed E-state index contributed by atoms with van der Waals surface area (Å²) in [5, 5.41) is 11.0. The number of fused-ring (bicyclic) bond motifs is 1. The molecule has 2 bridgehead atoms. The second-order valence-electron chi connectivity index (χ2n) is 11.1. The number of aliphatic hydroxyl groups is 1. The van der Waals surface area contributed by atoms with Crippen molar-refractivity contribution < 1.29 is 29.0 Å². The van der Waals surface area contributed by atoms with E-state index in [-0.39, 0.29) is 43.4 Å². The number of halogens is 1. The Hall–Kier alpha value is -2.42. The van der Waals surface area contributed by atoms with E-state index in [1.54, 1.807) is 42.2 Å². The number of rotatable bonds is 10. The molecule has 8 nitrogen and oxygen atoms in total. The predicted octanol–water partition coefficient (Wildman–Crippen LogP) is 3.84. The highest BCUT2D eigenvalue weighted by atomic mass is 35.5. The maximum atomic E-state index is 14.6. The van der Waals surface area contributed by atoms with E-state index in [0.717, 1.165) is 0 Å². The highest BCUT2D eigenvalue weighted by Crippen LogP contribution is 2.66. The number of aliphatic hydroxyl groups excluding tert-OH is 1. The number of ether oxygens (including phenoxy) is 2. The molecule has 3 heterocycles. The molecule has 9 heteroatoms. The van der Waals surface area contributed by atoms with Gasteiger partial charge >= 0.3 is 5.97 Å². The van der Waals surface area contributed by atoms with E-state index < -0.39 is 41.1 Å². The van der Waals surface area contributed by atoms with Gasteiger partial charge in [-0.25, -0.2) is 0 Å². The Bertz CT molecular complexity index is 1100. The number of hydrogen-bond donors (Lipinski definition) is 1. The van der Waals surface area contributed by atoms with Crippen LogP contribution in [0.2, 0.25) is 5.02 Å². The number of esters is 1. The van der Waals surface area contributed by atoms with Crippen molar-refractivity contribution in [2.75, 3.05) is 24.7 Å². The summed E-state index contributed by atoms with van der Waals surface area (Å²) in [6.45, 7) is 13.4. The van der Waals surface area contributed by atoms with Gasteiger partial charge in [0.15, 0.2) is 0 Å². The summed E-state index contributed by atoms with van der Waals surface area (Å²) in [4.78, 5) is 45.4. The second kappa shape index (κ2) is 10.6. The highest BCUT2D eigenvalue weighted by molar-refractivity contribution is 6.30. The summed E-state index contributed by atoms with van der Waals surface area (Å²) < 4.78 is 12.2. The normalized spacial score (nSPS) is 33.1. The molecule has 4 rings (SSSR count). The van der Waals surface area contributed by atoms with E-state index in [1.807, 2.05) is 27.7 Å². The minimum Gasteiger partial charge on any atom is -0.466 e. The molecule has 0 radical (unpaired) electrons. The molecule has 1 spiro atoms. The molecule has 208 valence electrons. The molecule has 3 aliphatic rings. The van der Waals surface area contributed by atoms with Gasteiger partial charge in [-0.15, -0.1) is 6.58 Å². The van der Waals surface area contributed by atoms with Gasteiger partial charge in [-0.2, -0.15) is 0 Å². The zero-order valence-corrected chi connectivity index (χ0v) is 23.6. The first-order chi connectivity index (χ1) is 18.0. The van der Waals surface area contributed by atoms with Crippen LogP contribution in [-0.4, -0.2) is 70.8 Å². The van der Waals surface area contributed by atoms with Crippen molar-refractivity contribution >= 4 is 35.1 Å². The van der Waals surface area contributed by atoms with Crippen LogP contribution in [0.3, 0.4) is 0 Å². The Morgan fingerprint density at radius 3 is 2.55 bits per heavy atom. The first kappa shape index (κ1) is 28.6. The van der Waals surface area contributed by atoms with Crippen LogP contribution in [0.1, 0.15) is 47.5 Å². The van der Waals surface area contributed by atoms with Crippen LogP contribution < -0.4 is 4.90 Å². The van der Waals surface area contributed by atoms with Gasteiger partial charge in [-0.1, -0.05) is 44.9 Å². The van der Waals surface area contributed by atoms with Crippen LogP contribution in [0.4, 0.5) is 5.69 Å². The zero-order valence-electron chi connectivity index (χ0n) is 22.9. The fourth-order valence-electron chi connectivity index (χ4n) is 6.94. The van der Waals surface area contributed by atoms with E-state index in [0.29, 0.717) is 23.6 Å². The number of hydrogen-bond acceptors (Lipinski definition) is 6. The summed E-state index contributed by atoms with van der Waals surface area (Å²) in [6.07, 6.45) is 2.75. The molecule has 3 fully saturated rings. The third-order valence-corrected chi connectivity index (χ3v) is 9.34. The van der Waals surface area contributed by atoms with Crippen molar-refractivity contribution in [3.05, 3.63) is 41.9 Å². The van der Waals surface area contributed by atoms with E-state index in [1.165, 1.54) is 4.90 Å². The SMILES string of the molecule is C=CCN(C(=O)C1N([C@@H](CO)[C@@H](C)CC)C(=O)[C@@H]2[C@H](C(=O)OCC)[C@@]3(C)OC12CC3C)c1ccc(Cl)cc1. The summed E-state index contributed by atoms with van der Waals surface area (Å²) in [6, 6.07) is 5.24. The molecule has 2 amide bonds. The molecule has 1 aromatic rings. The van der Waals surface area contributed by atoms with Crippen molar-refractivity contribution in [2.45, 2.75) is 70.7 Å². The monoisotopic (exact) mass is 546 g/mol. The third kappa shape index (κ3) is 4.16. The van der Waals surface area contributed by atoms with E-state index in [2.05, 4.69) is 6.58 Å². The van der Waals surface area contributed by atoms with Gasteiger partial charge in [0.25, 0.3) is 5.91 Å². The van der Waals surface area contributed by atoms with Gasteiger partial charge in [-0.05, 0) is 56.4 Å². The van der Waals surface area contributed by atoms with Gasteiger partial charge in [0.1, 0.15) is 17.6 Å². The molecule has 3 saturated heterocycles. The smallest absolute Gasteiger partial charge is 0.312 e. The van der Waals surface area contributed by atoms with Crippen LogP contribution >= 0.6 is 11.6 Å². The van der Waals surface area contributed by atoms with Crippen LogP contribution in [-0.2, 0) is 23.9 Å². The van der Waals surface area contributed by atoms with E-state index in [9.17, 15) is 19.5 Å². The molecule has 3 aliphatic heterocycles. The first-order valence-corrected chi connectivity index (χ1v) is 13.9. The first-order valence-electron chi connectivity index (χ1n) is 13.5. The van der Waals surface area contributed by atoms with Crippen molar-refractivity contribution in [1.82, 2.24) is 4.90 Å². The fourth-order valence-corrected chi connectivity index (χ4v) is 7.06. The lowest BCUT2D eigenvalue weighted by atomic mass is 9.62. The van der Waals surface area contributed by atoms with Crippen LogP contribution in [0.15, 0.2) is 36.9 Å². The maximum Gasteiger partial charge on any atom is 0.312 e. The standard InChI is InChI=1S/C29H39ClN2O6/c1-7-14-31(20-12-10-19(30)11-13-20)26(35)24-29-15-18(5)28(6,38-29)23(27(36)37-9-3)22(29)25(34)32(24)21(16-33)17(4)8-2/h7,10-13,17-18,21-24,33H,1,8-9,14-16H2,2-6H3/t17-,18?,21-,22-,23+,24?,28-,29?/m0/s1. The number of benzene rings is 1. The second-order valence-corrected chi connectivity index (χ2v) is 11.5. The van der Waals surface area contributed by atoms with Crippen molar-refractivity contribution in [3.63, 3.8) is 0 Å². The maximum absolute atomic E-state index is 14.6. The van der Waals surface area contributed by atoms with Crippen LogP contribution in [0.5, 0.6) is 0 Å². The average molecular weight is 547 g/mol. The summed E-state index contributed by atoms with van der Waals surface area (Å²) in [7, 11) is 0. The molecule has 1 aromatic carbocycles. The van der Waals surface area contributed by atoms with Gasteiger partial charge in [0.05, 0.1) is 30.8 Å². The molecule has 0 saturated carbocycles. The minimum atomic E-state index is -1.23. The van der Waals surface area contributed by atoms with Crippen molar-refractivity contribution in [1.29, 1.82) is 0 Å². The summed E-state index contributed by atoms with van der Waals surface area (Å²) in [5.74, 6) is -3.10. The predicted molar refractivity (Wildman–Crippen MR) is 145 cm³/mol. The lowest BCUT2D eigenvalue weighted by Crippen LogP contribution is -2.60. The van der Waals surface area contributed by atoms with Gasteiger partial charge in [-0.3, -0.25) is 14.4 Å². The quantitative estimate of drug-likeness (QED) is 0.354. The highest BCUT2D eigenvalue weighted by Gasteiger charge is 2.81. The lowest BCUT2D eigenvalue weighted by molar-refractivity contribution is -0.162. The van der Waals surface area contributed by atoms with E-state index in [4.69, 9.17) is 21.1 Å². The third-order valence-electron chi connectivity index (χ3n) is 9.09. The Morgan fingerprint density at radius 2 is 2.00 bits per heavy atom. The molecular weight excluding hydrogens is 508 g/mol. The Kier molecular flexibility index (Phi) is 7.99. The Labute approximate surface area is 229 Å². The minimum absolute atomic E-state index is 0.0934. The zero-order chi connectivity index (χ0) is 28.0. The fraction of sp³-hybridized carbons (Fsp3) is 0.621. The van der Waals surface area contributed by atoms with Crippen LogP contribution in [0, 0.1) is 23.7 Å². The molecule has 8 atom stereocenters. The molecule has 38 heavy (non-hydrogen) atoms. The molecule has 1 N–H and O–H groups in total. The molecule has 3 unspecified atom stereocenters. The lowest BCUT2D eigenvalue weighted by Gasteiger charge is -2.41. The molecular formula is C29H39ClN2O6. The summed E-state index contributed by atoms with van der Waals surface area (Å²) in [5.41, 5.74) is -1.58. The van der Waals surface area contributed by atoms with Gasteiger partial charge < -0.3 is 24.4 Å². The number of amides is 2.